The third-order valence-corrected chi connectivity index (χ3v) is 4.98. The van der Waals surface area contributed by atoms with Crippen LogP contribution >= 0.6 is 23.2 Å². The monoisotopic (exact) mass is 396 g/mol. The average Bonchev–Trinajstić information content (AvgIpc) is 3.10. The zero-order chi connectivity index (χ0) is 19.0. The van der Waals surface area contributed by atoms with Gasteiger partial charge in [-0.1, -0.05) is 35.3 Å². The fourth-order valence-electron chi connectivity index (χ4n) is 2.89. The van der Waals surface area contributed by atoms with Gasteiger partial charge in [0.25, 0.3) is 5.91 Å². The molecule has 0 radical (unpaired) electrons. The summed E-state index contributed by atoms with van der Waals surface area (Å²) in [4.78, 5) is 26.3. The first-order chi connectivity index (χ1) is 13.0. The van der Waals surface area contributed by atoms with Crippen molar-refractivity contribution in [3.63, 3.8) is 0 Å². The molecule has 0 unspecified atom stereocenters. The Kier molecular flexibility index (Phi) is 4.56. The van der Waals surface area contributed by atoms with Crippen LogP contribution in [0.3, 0.4) is 0 Å². The molecule has 2 heterocycles. The quantitative estimate of drug-likeness (QED) is 0.516. The Morgan fingerprint density at radius 1 is 1.07 bits per heavy atom. The third kappa shape index (κ3) is 3.27. The summed E-state index contributed by atoms with van der Waals surface area (Å²) < 4.78 is 0. The Morgan fingerprint density at radius 2 is 1.85 bits per heavy atom. The molecule has 0 aliphatic heterocycles. The average molecular weight is 397 g/mol. The summed E-state index contributed by atoms with van der Waals surface area (Å²) in [6.07, 6.45) is 3.18. The van der Waals surface area contributed by atoms with E-state index in [1.165, 1.54) is 0 Å². The van der Waals surface area contributed by atoms with Gasteiger partial charge in [0.15, 0.2) is 0 Å². The summed E-state index contributed by atoms with van der Waals surface area (Å²) in [6, 6.07) is 14.5. The lowest BCUT2D eigenvalue weighted by Gasteiger charge is -2.20. The van der Waals surface area contributed by atoms with Crippen LogP contribution in [-0.4, -0.2) is 27.9 Å². The number of anilines is 1. The summed E-state index contributed by atoms with van der Waals surface area (Å²) in [5.74, 6) is 0.475. The zero-order valence-electron chi connectivity index (χ0n) is 14.3. The van der Waals surface area contributed by atoms with Crippen LogP contribution in [0.15, 0.2) is 60.9 Å². The number of pyridine rings is 1. The molecule has 0 saturated heterocycles. The first-order valence-electron chi connectivity index (χ1n) is 8.17. The van der Waals surface area contributed by atoms with E-state index in [-0.39, 0.29) is 5.91 Å². The minimum absolute atomic E-state index is 0.155. The fraction of sp³-hybridized carbons (Fsp3) is 0.0500. The molecule has 134 valence electrons. The van der Waals surface area contributed by atoms with Crippen molar-refractivity contribution in [1.29, 1.82) is 0 Å². The Labute approximate surface area is 165 Å². The number of hydrogen-bond donors (Lipinski definition) is 1. The summed E-state index contributed by atoms with van der Waals surface area (Å²) in [5, 5.41) is 0.899. The van der Waals surface area contributed by atoms with Crippen molar-refractivity contribution in [3.8, 4) is 11.4 Å². The molecule has 0 aliphatic rings. The van der Waals surface area contributed by atoms with E-state index in [1.807, 2.05) is 24.3 Å². The highest BCUT2D eigenvalue weighted by molar-refractivity contribution is 6.42. The highest BCUT2D eigenvalue weighted by Gasteiger charge is 2.19. The third-order valence-electron chi connectivity index (χ3n) is 4.26. The second kappa shape index (κ2) is 7.02. The molecule has 5 nitrogen and oxygen atoms in total. The number of halogens is 2. The summed E-state index contributed by atoms with van der Waals surface area (Å²) in [6.45, 7) is 0. The lowest BCUT2D eigenvalue weighted by atomic mass is 10.1. The van der Waals surface area contributed by atoms with Crippen LogP contribution < -0.4 is 4.90 Å². The van der Waals surface area contributed by atoms with Crippen LogP contribution in [0.4, 0.5) is 5.69 Å². The number of carbonyl (C=O) groups is 1. The Bertz CT molecular complexity index is 1100. The smallest absolute Gasteiger partial charge is 0.259 e. The molecular weight excluding hydrogens is 383 g/mol. The van der Waals surface area contributed by atoms with Gasteiger partial charge in [-0.3, -0.25) is 9.78 Å². The van der Waals surface area contributed by atoms with E-state index in [0.29, 0.717) is 26.9 Å². The molecular formula is C20H14Cl2N4O. The van der Waals surface area contributed by atoms with Gasteiger partial charge < -0.3 is 9.88 Å². The number of rotatable bonds is 3. The van der Waals surface area contributed by atoms with E-state index in [4.69, 9.17) is 23.2 Å². The maximum atomic E-state index is 12.8. The van der Waals surface area contributed by atoms with E-state index in [0.717, 1.165) is 16.8 Å². The van der Waals surface area contributed by atoms with E-state index in [1.54, 1.807) is 48.6 Å². The van der Waals surface area contributed by atoms with Crippen molar-refractivity contribution in [2.45, 2.75) is 0 Å². The van der Waals surface area contributed by atoms with Gasteiger partial charge in [0.2, 0.25) is 0 Å². The number of hydrogen-bond acceptors (Lipinski definition) is 3. The number of nitrogens with zero attached hydrogens (tertiary/aromatic N) is 3. The topological polar surface area (TPSA) is 61.9 Å². The molecule has 2 aromatic heterocycles. The number of carbonyl (C=O) groups excluding carboxylic acids is 1. The first-order valence-corrected chi connectivity index (χ1v) is 8.92. The van der Waals surface area contributed by atoms with Gasteiger partial charge in [-0.2, -0.15) is 0 Å². The first kappa shape index (κ1) is 17.5. The summed E-state index contributed by atoms with van der Waals surface area (Å²) in [7, 11) is 1.73. The molecule has 0 fully saturated rings. The molecule has 0 bridgehead atoms. The number of nitrogens with one attached hydrogen (secondary N) is 1. The van der Waals surface area contributed by atoms with E-state index in [9.17, 15) is 4.79 Å². The number of benzene rings is 2. The summed E-state index contributed by atoms with van der Waals surface area (Å²) >= 11 is 12.2. The number of fused-ring (bicyclic) bond motifs is 1. The molecule has 27 heavy (non-hydrogen) atoms. The SMILES string of the molecule is CN(C(=O)c1cccnc1)c1ccccc1-c1nc2cc(Cl)c(Cl)cc2[nH]1. The maximum Gasteiger partial charge on any atom is 0.259 e. The van der Waals surface area contributed by atoms with Crippen molar-refractivity contribution in [3.05, 3.63) is 76.5 Å². The fourth-order valence-corrected chi connectivity index (χ4v) is 3.21. The predicted molar refractivity (Wildman–Crippen MR) is 109 cm³/mol. The van der Waals surface area contributed by atoms with Crippen LogP contribution in [0.25, 0.3) is 22.4 Å². The number of aromatic amines is 1. The number of H-pyrrole nitrogens is 1. The minimum atomic E-state index is -0.155. The predicted octanol–water partition coefficient (Wildman–Crippen LogP) is 5.21. The second-order valence-corrected chi connectivity index (χ2v) is 6.81. The normalized spacial score (nSPS) is 10.9. The van der Waals surface area contributed by atoms with Crippen LogP contribution in [0.5, 0.6) is 0 Å². The van der Waals surface area contributed by atoms with Crippen LogP contribution in [0, 0.1) is 0 Å². The molecule has 1 N–H and O–H groups in total. The zero-order valence-corrected chi connectivity index (χ0v) is 15.8. The highest BCUT2D eigenvalue weighted by Crippen LogP contribution is 2.33. The lowest BCUT2D eigenvalue weighted by molar-refractivity contribution is 0.0992. The Morgan fingerprint density at radius 3 is 2.63 bits per heavy atom. The van der Waals surface area contributed by atoms with Crippen LogP contribution in [-0.2, 0) is 0 Å². The number of imidazole rings is 1. The molecule has 0 saturated carbocycles. The lowest BCUT2D eigenvalue weighted by Crippen LogP contribution is -2.26. The molecule has 1 amide bonds. The van der Waals surface area contributed by atoms with E-state index >= 15 is 0 Å². The van der Waals surface area contributed by atoms with Crippen molar-refractivity contribution >= 4 is 45.8 Å². The minimum Gasteiger partial charge on any atom is -0.338 e. The van der Waals surface area contributed by atoms with E-state index in [2.05, 4.69) is 15.0 Å². The number of amides is 1. The molecule has 4 aromatic rings. The Hall–Kier alpha value is -2.89. The molecule has 4 rings (SSSR count). The van der Waals surface area contributed by atoms with Gasteiger partial charge in [-0.15, -0.1) is 0 Å². The Balaban J connectivity index is 1.78. The molecule has 7 heteroatoms. The number of para-hydroxylation sites is 1. The standard InChI is InChI=1S/C20H14Cl2N4O/c1-26(20(27)12-5-4-8-23-11-12)18-7-3-2-6-13(18)19-24-16-9-14(21)15(22)10-17(16)25-19/h2-11H,1H3,(H,24,25). The number of aromatic nitrogens is 3. The molecule has 0 spiro atoms. The van der Waals surface area contributed by atoms with Crippen LogP contribution in [0.1, 0.15) is 10.4 Å². The summed E-state index contributed by atoms with van der Waals surface area (Å²) in [5.41, 5.74) is 3.51. The van der Waals surface area contributed by atoms with Gasteiger partial charge in [0.1, 0.15) is 5.82 Å². The van der Waals surface area contributed by atoms with Crippen molar-refractivity contribution in [2.75, 3.05) is 11.9 Å². The largest absolute Gasteiger partial charge is 0.338 e. The molecule has 0 atom stereocenters. The van der Waals surface area contributed by atoms with Crippen molar-refractivity contribution < 1.29 is 4.79 Å². The van der Waals surface area contributed by atoms with Gasteiger partial charge >= 0.3 is 0 Å². The van der Waals surface area contributed by atoms with Gasteiger partial charge in [0, 0.05) is 25.0 Å². The van der Waals surface area contributed by atoms with Gasteiger partial charge in [-0.25, -0.2) is 4.98 Å². The van der Waals surface area contributed by atoms with Crippen LogP contribution in [0.2, 0.25) is 10.0 Å². The van der Waals surface area contributed by atoms with Gasteiger partial charge in [0.05, 0.1) is 32.3 Å². The van der Waals surface area contributed by atoms with Crippen molar-refractivity contribution in [1.82, 2.24) is 15.0 Å². The maximum absolute atomic E-state index is 12.8. The second-order valence-electron chi connectivity index (χ2n) is 5.99. The van der Waals surface area contributed by atoms with Gasteiger partial charge in [-0.05, 0) is 36.4 Å². The van der Waals surface area contributed by atoms with Crippen molar-refractivity contribution in [2.24, 2.45) is 0 Å². The highest BCUT2D eigenvalue weighted by atomic mass is 35.5. The molecule has 2 aromatic carbocycles. The van der Waals surface area contributed by atoms with E-state index < -0.39 is 0 Å². The molecule has 0 aliphatic carbocycles.